The maximum Gasteiger partial charge on any atom is 0.129 e. The second-order valence-corrected chi connectivity index (χ2v) is 6.17. The Morgan fingerprint density at radius 1 is 1.00 bits per heavy atom. The van der Waals surface area contributed by atoms with E-state index in [1.54, 1.807) is 6.92 Å². The van der Waals surface area contributed by atoms with E-state index in [0.717, 1.165) is 0 Å². The molecule has 2 N–H and O–H groups in total. The highest BCUT2D eigenvalue weighted by atomic mass is 16.3. The van der Waals surface area contributed by atoms with E-state index < -0.39 is 0 Å². The molecular weight excluding hydrogens is 296 g/mol. The minimum atomic E-state index is 0.0162. The van der Waals surface area contributed by atoms with Gasteiger partial charge >= 0.3 is 0 Å². The molecule has 1 fully saturated rings. The third kappa shape index (κ3) is 6.43. The van der Waals surface area contributed by atoms with E-state index in [1.165, 1.54) is 50.2 Å². The number of allylic oxidation sites excluding steroid dienone is 3. The first-order valence-corrected chi connectivity index (χ1v) is 9.23. The Morgan fingerprint density at radius 3 is 1.83 bits per heavy atom. The van der Waals surface area contributed by atoms with Crippen molar-refractivity contribution in [3.63, 3.8) is 0 Å². The monoisotopic (exact) mass is 332 g/mol. The van der Waals surface area contributed by atoms with Crippen LogP contribution >= 0.6 is 0 Å². The van der Waals surface area contributed by atoms with E-state index in [9.17, 15) is 0 Å². The van der Waals surface area contributed by atoms with E-state index in [2.05, 4.69) is 43.8 Å². The molecule has 2 nitrogen and oxygen atoms in total. The molecule has 0 saturated heterocycles. The summed E-state index contributed by atoms with van der Waals surface area (Å²) in [6.45, 7) is 13.7. The first-order chi connectivity index (χ1) is 11.4. The van der Waals surface area contributed by atoms with Crippen molar-refractivity contribution in [2.24, 2.45) is 0 Å². The Bertz CT molecular complexity index is 490. The highest BCUT2D eigenvalue weighted by Crippen LogP contribution is 2.44. The average Bonchev–Trinajstić information content (AvgIpc) is 2.64. The molecule has 0 atom stereocenters. The first-order valence-electron chi connectivity index (χ1n) is 9.23. The molecule has 2 rings (SSSR count). The lowest BCUT2D eigenvalue weighted by molar-refractivity contribution is 0.316. The third-order valence-corrected chi connectivity index (χ3v) is 4.60. The van der Waals surface area contributed by atoms with Gasteiger partial charge in [-0.3, -0.25) is 0 Å². The largest absolute Gasteiger partial charge is 0.509 e. The summed E-state index contributed by atoms with van der Waals surface area (Å²) >= 11 is 0. The Balaban J connectivity index is 0.000000501. The Labute approximate surface area is 148 Å². The normalized spacial score (nSPS) is 16.5. The fraction of sp³-hybridized carbons (Fsp3) is 0.545. The van der Waals surface area contributed by atoms with Crippen LogP contribution in [0.4, 0.5) is 0 Å². The van der Waals surface area contributed by atoms with Crippen molar-refractivity contribution in [1.82, 2.24) is 0 Å². The molecule has 0 aliphatic heterocycles. The minimum absolute atomic E-state index is 0.0162. The number of hydrogen-bond donors (Lipinski definition) is 2. The van der Waals surface area contributed by atoms with Gasteiger partial charge in [-0.25, -0.2) is 0 Å². The fourth-order valence-electron chi connectivity index (χ4n) is 3.13. The SMILES string of the molecule is C=C(C)C1(c2ccccc2)CCCCC1.CC.CC/C(O)=C(\C)O. The molecule has 0 aromatic heterocycles. The molecule has 136 valence electrons. The molecule has 0 amide bonds. The van der Waals surface area contributed by atoms with Gasteiger partial charge in [-0.2, -0.15) is 0 Å². The summed E-state index contributed by atoms with van der Waals surface area (Å²) in [5.41, 5.74) is 3.09. The van der Waals surface area contributed by atoms with Crippen LogP contribution in [0.15, 0.2) is 54.0 Å². The minimum Gasteiger partial charge on any atom is -0.509 e. The van der Waals surface area contributed by atoms with Crippen LogP contribution in [-0.4, -0.2) is 10.2 Å². The van der Waals surface area contributed by atoms with Crippen molar-refractivity contribution >= 4 is 0 Å². The van der Waals surface area contributed by atoms with E-state index in [0.29, 0.717) is 6.42 Å². The Morgan fingerprint density at radius 2 is 1.50 bits per heavy atom. The zero-order valence-electron chi connectivity index (χ0n) is 16.2. The third-order valence-electron chi connectivity index (χ3n) is 4.60. The van der Waals surface area contributed by atoms with Gasteiger partial charge in [0, 0.05) is 11.8 Å². The number of benzene rings is 1. The van der Waals surface area contributed by atoms with Crippen LogP contribution in [0, 0.1) is 0 Å². The molecular formula is C22H36O2. The average molecular weight is 333 g/mol. The smallest absolute Gasteiger partial charge is 0.129 e. The Hall–Kier alpha value is -1.70. The molecule has 1 aliphatic carbocycles. The summed E-state index contributed by atoms with van der Waals surface area (Å²) < 4.78 is 0. The molecule has 0 radical (unpaired) electrons. The predicted octanol–water partition coefficient (Wildman–Crippen LogP) is 7.23. The van der Waals surface area contributed by atoms with Gasteiger partial charge in [0.05, 0.1) is 0 Å². The summed E-state index contributed by atoms with van der Waals surface area (Å²) in [7, 11) is 0. The number of aliphatic hydroxyl groups is 2. The van der Waals surface area contributed by atoms with Crippen LogP contribution in [-0.2, 0) is 5.41 Å². The quantitative estimate of drug-likeness (QED) is 0.452. The molecule has 2 heteroatoms. The molecule has 0 spiro atoms. The summed E-state index contributed by atoms with van der Waals surface area (Å²) in [4.78, 5) is 0. The van der Waals surface area contributed by atoms with Gasteiger partial charge in [0.1, 0.15) is 11.5 Å². The Kier molecular flexibility index (Phi) is 10.9. The zero-order chi connectivity index (χ0) is 18.6. The van der Waals surface area contributed by atoms with Crippen molar-refractivity contribution in [3.05, 3.63) is 59.6 Å². The fourth-order valence-corrected chi connectivity index (χ4v) is 3.13. The molecule has 0 heterocycles. The van der Waals surface area contributed by atoms with Gasteiger partial charge < -0.3 is 10.2 Å². The predicted molar refractivity (Wildman–Crippen MR) is 106 cm³/mol. The maximum absolute atomic E-state index is 8.56. The first kappa shape index (κ1) is 22.3. The highest BCUT2D eigenvalue weighted by Gasteiger charge is 2.34. The van der Waals surface area contributed by atoms with Crippen LogP contribution in [0.1, 0.15) is 78.7 Å². The lowest BCUT2D eigenvalue weighted by Crippen LogP contribution is -2.29. The van der Waals surface area contributed by atoms with E-state index in [4.69, 9.17) is 10.2 Å². The van der Waals surface area contributed by atoms with Gasteiger partial charge in [0.2, 0.25) is 0 Å². The van der Waals surface area contributed by atoms with Gasteiger partial charge in [-0.1, -0.05) is 82.5 Å². The van der Waals surface area contributed by atoms with Crippen molar-refractivity contribution in [2.45, 2.75) is 78.6 Å². The summed E-state index contributed by atoms with van der Waals surface area (Å²) in [5.74, 6) is 0.0856. The standard InChI is InChI=1S/C15H20.C5H10O2.C2H6/c1-13(2)15(11-7-4-8-12-15)14-9-5-3-6-10-14;1-3-5(7)4(2)6;1-2/h3,5-6,9-10H,1,4,7-8,11-12H2,2H3;6-7H,3H2,1-2H3;1-2H3/b;5-4-;. The van der Waals surface area contributed by atoms with E-state index >= 15 is 0 Å². The number of aliphatic hydroxyl groups excluding tert-OH is 2. The van der Waals surface area contributed by atoms with Crippen LogP contribution in [0.25, 0.3) is 0 Å². The molecule has 24 heavy (non-hydrogen) atoms. The number of rotatable bonds is 3. The second-order valence-electron chi connectivity index (χ2n) is 6.17. The molecule has 0 unspecified atom stereocenters. The molecule has 0 bridgehead atoms. The van der Waals surface area contributed by atoms with Gasteiger partial charge in [0.15, 0.2) is 0 Å². The highest BCUT2D eigenvalue weighted by molar-refractivity contribution is 5.34. The molecule has 1 aromatic carbocycles. The van der Waals surface area contributed by atoms with Crippen molar-refractivity contribution < 1.29 is 10.2 Å². The summed E-state index contributed by atoms with van der Waals surface area (Å²) in [6, 6.07) is 10.9. The zero-order valence-corrected chi connectivity index (χ0v) is 16.2. The lowest BCUT2D eigenvalue weighted by Gasteiger charge is -2.38. The van der Waals surface area contributed by atoms with Gasteiger partial charge in [-0.15, -0.1) is 0 Å². The lowest BCUT2D eigenvalue weighted by atomic mass is 9.66. The summed E-state index contributed by atoms with van der Waals surface area (Å²) in [5, 5.41) is 17.0. The topological polar surface area (TPSA) is 40.5 Å². The molecule has 1 saturated carbocycles. The van der Waals surface area contributed by atoms with E-state index in [1.807, 2.05) is 13.8 Å². The van der Waals surface area contributed by atoms with Crippen LogP contribution in [0.5, 0.6) is 0 Å². The van der Waals surface area contributed by atoms with Crippen LogP contribution < -0.4 is 0 Å². The molecule has 1 aromatic rings. The van der Waals surface area contributed by atoms with Crippen LogP contribution in [0.3, 0.4) is 0 Å². The van der Waals surface area contributed by atoms with Crippen LogP contribution in [0.2, 0.25) is 0 Å². The van der Waals surface area contributed by atoms with Crippen molar-refractivity contribution in [1.29, 1.82) is 0 Å². The second kappa shape index (κ2) is 11.8. The number of hydrogen-bond acceptors (Lipinski definition) is 2. The molecule has 1 aliphatic rings. The van der Waals surface area contributed by atoms with Gasteiger partial charge in [0.25, 0.3) is 0 Å². The maximum atomic E-state index is 8.56. The van der Waals surface area contributed by atoms with Gasteiger partial charge in [-0.05, 0) is 32.3 Å². The van der Waals surface area contributed by atoms with Crippen molar-refractivity contribution in [2.75, 3.05) is 0 Å². The summed E-state index contributed by atoms with van der Waals surface area (Å²) in [6.07, 6.45) is 7.16. The van der Waals surface area contributed by atoms with E-state index in [-0.39, 0.29) is 16.9 Å². The van der Waals surface area contributed by atoms with Crippen molar-refractivity contribution in [3.8, 4) is 0 Å².